The van der Waals surface area contributed by atoms with Crippen LogP contribution in [0.5, 0.6) is 5.75 Å². The van der Waals surface area contributed by atoms with Crippen molar-refractivity contribution in [3.63, 3.8) is 0 Å². The first-order valence-corrected chi connectivity index (χ1v) is 5.88. The molecule has 1 aromatic carbocycles. The largest absolute Gasteiger partial charge is 0.490 e. The first-order valence-electron chi connectivity index (χ1n) is 5.45. The lowest BCUT2D eigenvalue weighted by Gasteiger charge is -2.06. The van der Waals surface area contributed by atoms with E-state index >= 15 is 0 Å². The average Bonchev–Trinajstić information content (AvgIpc) is 2.28. The van der Waals surface area contributed by atoms with Crippen molar-refractivity contribution in [3.05, 3.63) is 41.4 Å². The Morgan fingerprint density at radius 3 is 2.62 bits per heavy atom. The molecule has 0 amide bonds. The van der Waals surface area contributed by atoms with Gasteiger partial charge in [0.25, 0.3) is 0 Å². The van der Waals surface area contributed by atoms with Gasteiger partial charge in [-0.15, -0.1) is 0 Å². The summed E-state index contributed by atoms with van der Waals surface area (Å²) in [6, 6.07) is 8.34. The average molecular weight is 240 g/mol. The molecular weight excluding hydrogens is 222 g/mol. The van der Waals surface area contributed by atoms with E-state index in [-0.39, 0.29) is 6.04 Å². The standard InChI is InChI=1S/C13H18ClNO/c1-11(15)3-4-12-5-7-13(8-6-12)16-10-2-9-14/h2,5-9,11H,3-4,10,15H2,1H3/b9-2+. The van der Waals surface area contributed by atoms with Crippen LogP contribution >= 0.6 is 11.6 Å². The minimum atomic E-state index is 0.254. The highest BCUT2D eigenvalue weighted by Gasteiger charge is 1.97. The number of ether oxygens (including phenoxy) is 1. The molecule has 0 aliphatic rings. The zero-order valence-electron chi connectivity index (χ0n) is 9.53. The Morgan fingerprint density at radius 2 is 2.06 bits per heavy atom. The smallest absolute Gasteiger partial charge is 0.119 e. The van der Waals surface area contributed by atoms with Crippen LogP contribution in [-0.2, 0) is 6.42 Å². The number of hydrogen-bond donors (Lipinski definition) is 1. The van der Waals surface area contributed by atoms with Gasteiger partial charge in [-0.2, -0.15) is 0 Å². The summed E-state index contributed by atoms with van der Waals surface area (Å²) in [5.74, 6) is 0.860. The summed E-state index contributed by atoms with van der Waals surface area (Å²) in [4.78, 5) is 0. The molecule has 2 nitrogen and oxygen atoms in total. The summed E-state index contributed by atoms with van der Waals surface area (Å²) in [5.41, 5.74) is 8.45. The molecule has 1 rings (SSSR count). The number of rotatable bonds is 6. The van der Waals surface area contributed by atoms with E-state index in [9.17, 15) is 0 Å². The van der Waals surface area contributed by atoms with Crippen molar-refractivity contribution in [3.8, 4) is 5.75 Å². The molecule has 3 heteroatoms. The van der Waals surface area contributed by atoms with Gasteiger partial charge in [0.1, 0.15) is 12.4 Å². The molecule has 0 aliphatic heterocycles. The maximum absolute atomic E-state index is 5.71. The predicted octanol–water partition coefficient (Wildman–Crippen LogP) is 3.10. The third-order valence-electron chi connectivity index (χ3n) is 2.25. The summed E-state index contributed by atoms with van der Waals surface area (Å²) >= 11 is 5.39. The van der Waals surface area contributed by atoms with Crippen LogP contribution in [0.1, 0.15) is 18.9 Å². The monoisotopic (exact) mass is 239 g/mol. The lowest BCUT2D eigenvalue weighted by atomic mass is 10.1. The summed E-state index contributed by atoms with van der Waals surface area (Å²) in [7, 11) is 0. The minimum Gasteiger partial charge on any atom is -0.490 e. The molecule has 0 aliphatic carbocycles. The summed E-state index contributed by atoms with van der Waals surface area (Å²) in [5, 5.41) is 0. The molecule has 1 aromatic rings. The quantitative estimate of drug-likeness (QED) is 0.828. The SMILES string of the molecule is CC(N)CCc1ccc(OC/C=C/Cl)cc1. The first kappa shape index (κ1) is 13.1. The number of nitrogens with two attached hydrogens (primary N) is 1. The molecule has 88 valence electrons. The molecule has 2 N–H and O–H groups in total. The van der Waals surface area contributed by atoms with Crippen molar-refractivity contribution in [2.24, 2.45) is 5.73 Å². The fourth-order valence-corrected chi connectivity index (χ4v) is 1.40. The van der Waals surface area contributed by atoms with E-state index in [1.165, 1.54) is 11.1 Å². The van der Waals surface area contributed by atoms with Crippen molar-refractivity contribution in [2.75, 3.05) is 6.61 Å². The van der Waals surface area contributed by atoms with Gasteiger partial charge in [-0.25, -0.2) is 0 Å². The minimum absolute atomic E-state index is 0.254. The normalized spacial score (nSPS) is 12.9. The van der Waals surface area contributed by atoms with E-state index in [4.69, 9.17) is 22.1 Å². The Balaban J connectivity index is 2.41. The highest BCUT2D eigenvalue weighted by atomic mass is 35.5. The molecule has 0 saturated carbocycles. The zero-order chi connectivity index (χ0) is 11.8. The molecule has 0 radical (unpaired) electrons. The number of aryl methyl sites for hydroxylation is 1. The molecular formula is C13H18ClNO. The Bertz CT molecular complexity index is 319. The molecule has 1 atom stereocenters. The highest BCUT2D eigenvalue weighted by molar-refractivity contribution is 6.25. The Hall–Kier alpha value is -0.990. The second-order valence-corrected chi connectivity index (χ2v) is 4.08. The Morgan fingerprint density at radius 1 is 1.38 bits per heavy atom. The second kappa shape index (κ2) is 7.31. The third-order valence-corrected chi connectivity index (χ3v) is 2.43. The van der Waals surface area contributed by atoms with E-state index < -0.39 is 0 Å². The molecule has 0 spiro atoms. The van der Waals surface area contributed by atoms with Crippen molar-refractivity contribution in [1.29, 1.82) is 0 Å². The van der Waals surface area contributed by atoms with Gasteiger partial charge < -0.3 is 10.5 Å². The highest BCUT2D eigenvalue weighted by Crippen LogP contribution is 2.13. The summed E-state index contributed by atoms with van der Waals surface area (Å²) in [6.45, 7) is 2.53. The first-order chi connectivity index (χ1) is 7.72. The van der Waals surface area contributed by atoms with Crippen molar-refractivity contribution in [2.45, 2.75) is 25.8 Å². The van der Waals surface area contributed by atoms with E-state index in [0.717, 1.165) is 18.6 Å². The number of hydrogen-bond acceptors (Lipinski definition) is 2. The number of benzene rings is 1. The Labute approximate surface area is 102 Å². The number of halogens is 1. The second-order valence-electron chi connectivity index (χ2n) is 3.83. The summed E-state index contributed by atoms with van der Waals surface area (Å²) in [6.07, 6.45) is 3.78. The van der Waals surface area contributed by atoms with E-state index in [1.807, 2.05) is 19.1 Å². The van der Waals surface area contributed by atoms with Crippen LogP contribution in [-0.4, -0.2) is 12.6 Å². The maximum Gasteiger partial charge on any atom is 0.119 e. The van der Waals surface area contributed by atoms with Crippen molar-refractivity contribution in [1.82, 2.24) is 0 Å². The van der Waals surface area contributed by atoms with Crippen molar-refractivity contribution < 1.29 is 4.74 Å². The van der Waals surface area contributed by atoms with Gasteiger partial charge in [-0.05, 0) is 43.5 Å². The van der Waals surface area contributed by atoms with Crippen molar-refractivity contribution >= 4 is 11.6 Å². The van der Waals surface area contributed by atoms with Gasteiger partial charge in [0.15, 0.2) is 0 Å². The maximum atomic E-state index is 5.71. The topological polar surface area (TPSA) is 35.2 Å². The van der Waals surface area contributed by atoms with Crippen LogP contribution in [0.3, 0.4) is 0 Å². The lowest BCUT2D eigenvalue weighted by molar-refractivity contribution is 0.363. The molecule has 1 unspecified atom stereocenters. The van der Waals surface area contributed by atoms with E-state index in [1.54, 1.807) is 6.08 Å². The fourth-order valence-electron chi connectivity index (χ4n) is 1.33. The van der Waals surface area contributed by atoms with Crippen LogP contribution in [0.4, 0.5) is 0 Å². The van der Waals surface area contributed by atoms with E-state index in [0.29, 0.717) is 6.61 Å². The zero-order valence-corrected chi connectivity index (χ0v) is 10.3. The van der Waals surface area contributed by atoms with Crippen LogP contribution in [0, 0.1) is 0 Å². The Kier molecular flexibility index (Phi) is 5.98. The molecule has 0 bridgehead atoms. The third kappa shape index (κ3) is 5.19. The molecule has 0 fully saturated rings. The molecule has 16 heavy (non-hydrogen) atoms. The van der Waals surface area contributed by atoms with Crippen LogP contribution in [0.25, 0.3) is 0 Å². The predicted molar refractivity (Wildman–Crippen MR) is 68.9 cm³/mol. The molecule has 0 heterocycles. The lowest BCUT2D eigenvalue weighted by Crippen LogP contribution is -2.15. The van der Waals surface area contributed by atoms with Crippen LogP contribution < -0.4 is 10.5 Å². The van der Waals surface area contributed by atoms with Gasteiger partial charge in [0.05, 0.1) is 0 Å². The van der Waals surface area contributed by atoms with Gasteiger partial charge in [0, 0.05) is 11.6 Å². The fraction of sp³-hybridized carbons (Fsp3) is 0.385. The molecule has 0 saturated heterocycles. The summed E-state index contributed by atoms with van der Waals surface area (Å²) < 4.78 is 5.43. The van der Waals surface area contributed by atoms with Gasteiger partial charge >= 0.3 is 0 Å². The van der Waals surface area contributed by atoms with E-state index in [2.05, 4.69) is 12.1 Å². The van der Waals surface area contributed by atoms with Gasteiger partial charge in [-0.3, -0.25) is 0 Å². The molecule has 0 aromatic heterocycles. The van der Waals surface area contributed by atoms with Gasteiger partial charge in [0.2, 0.25) is 0 Å². The van der Waals surface area contributed by atoms with Gasteiger partial charge in [-0.1, -0.05) is 23.7 Å². The van der Waals surface area contributed by atoms with Crippen LogP contribution in [0.15, 0.2) is 35.9 Å². The van der Waals surface area contributed by atoms with Crippen LogP contribution in [0.2, 0.25) is 0 Å².